The van der Waals surface area contributed by atoms with Crippen LogP contribution in [0.5, 0.6) is 0 Å². The number of alkyl halides is 3. The Bertz CT molecular complexity index is 803. The Kier molecular flexibility index (Phi) is 5.53. The standard InChI is InChI=1S/C20H18F3N3O/c21-19(22,23)14-26-18(15-6-2-1-3-7-15)20(27,16-8-4-10-24-12-16)17-9-5-11-25-13-17/h1-13,18,26-27H,14H2. The molecule has 0 fully saturated rings. The fourth-order valence-corrected chi connectivity index (χ4v) is 3.05. The summed E-state index contributed by atoms with van der Waals surface area (Å²) >= 11 is 0. The van der Waals surface area contributed by atoms with E-state index in [1.165, 1.54) is 24.8 Å². The summed E-state index contributed by atoms with van der Waals surface area (Å²) < 4.78 is 38.9. The Hall–Kier alpha value is -2.77. The number of rotatable bonds is 6. The molecule has 0 radical (unpaired) electrons. The minimum Gasteiger partial charge on any atom is -0.378 e. The molecule has 0 aliphatic rings. The van der Waals surface area contributed by atoms with Crippen LogP contribution in [0.25, 0.3) is 0 Å². The number of pyridine rings is 2. The molecule has 1 aromatic carbocycles. The lowest BCUT2D eigenvalue weighted by atomic mass is 9.78. The fourth-order valence-electron chi connectivity index (χ4n) is 3.05. The molecule has 4 nitrogen and oxygen atoms in total. The van der Waals surface area contributed by atoms with E-state index in [-0.39, 0.29) is 0 Å². The molecular formula is C20H18F3N3O. The van der Waals surface area contributed by atoms with Crippen LogP contribution in [0.3, 0.4) is 0 Å². The summed E-state index contributed by atoms with van der Waals surface area (Å²) in [4.78, 5) is 8.06. The zero-order chi connectivity index (χ0) is 19.3. The van der Waals surface area contributed by atoms with Gasteiger partial charge in [-0.3, -0.25) is 15.3 Å². The van der Waals surface area contributed by atoms with Crippen LogP contribution in [0, 0.1) is 0 Å². The number of hydrogen-bond donors (Lipinski definition) is 2. The Labute approximate surface area is 154 Å². The van der Waals surface area contributed by atoms with Crippen molar-refractivity contribution in [3.63, 3.8) is 0 Å². The van der Waals surface area contributed by atoms with Gasteiger partial charge in [0.1, 0.15) is 5.60 Å². The van der Waals surface area contributed by atoms with E-state index in [4.69, 9.17) is 0 Å². The third kappa shape index (κ3) is 4.32. The summed E-state index contributed by atoms with van der Waals surface area (Å²) in [6, 6.07) is 14.0. The summed E-state index contributed by atoms with van der Waals surface area (Å²) in [6.07, 6.45) is 1.52. The SMILES string of the molecule is OC(c1cccnc1)(c1cccnc1)C(NCC(F)(F)F)c1ccccc1. The molecular weight excluding hydrogens is 355 g/mol. The van der Waals surface area contributed by atoms with Gasteiger partial charge in [0.25, 0.3) is 0 Å². The van der Waals surface area contributed by atoms with Gasteiger partial charge in [0.05, 0.1) is 12.6 Å². The fraction of sp³-hybridized carbons (Fsp3) is 0.200. The first-order valence-corrected chi connectivity index (χ1v) is 8.30. The molecule has 2 N–H and O–H groups in total. The van der Waals surface area contributed by atoms with E-state index in [9.17, 15) is 18.3 Å². The highest BCUT2D eigenvalue weighted by molar-refractivity contribution is 5.39. The van der Waals surface area contributed by atoms with Crippen LogP contribution in [-0.2, 0) is 5.60 Å². The van der Waals surface area contributed by atoms with Gasteiger partial charge in [-0.25, -0.2) is 0 Å². The van der Waals surface area contributed by atoms with E-state index in [2.05, 4.69) is 15.3 Å². The van der Waals surface area contributed by atoms with E-state index in [0.717, 1.165) is 0 Å². The van der Waals surface area contributed by atoms with Crippen LogP contribution in [0.4, 0.5) is 13.2 Å². The van der Waals surface area contributed by atoms with Crippen molar-refractivity contribution < 1.29 is 18.3 Å². The highest BCUT2D eigenvalue weighted by Gasteiger charge is 2.43. The number of aliphatic hydroxyl groups is 1. The molecule has 0 bridgehead atoms. The van der Waals surface area contributed by atoms with Crippen molar-refractivity contribution in [3.8, 4) is 0 Å². The zero-order valence-electron chi connectivity index (χ0n) is 14.3. The summed E-state index contributed by atoms with van der Waals surface area (Å²) in [5.74, 6) is 0. The number of nitrogens with zero attached hydrogens (tertiary/aromatic N) is 2. The van der Waals surface area contributed by atoms with Gasteiger partial charge in [0, 0.05) is 35.9 Å². The van der Waals surface area contributed by atoms with Crippen molar-refractivity contribution in [3.05, 3.63) is 96.1 Å². The second-order valence-corrected chi connectivity index (χ2v) is 6.09. The van der Waals surface area contributed by atoms with Crippen LogP contribution in [0.1, 0.15) is 22.7 Å². The summed E-state index contributed by atoms with van der Waals surface area (Å²) in [5.41, 5.74) is -0.574. The van der Waals surface area contributed by atoms with E-state index < -0.39 is 24.4 Å². The largest absolute Gasteiger partial charge is 0.401 e. The van der Waals surface area contributed by atoms with Gasteiger partial charge in [0.15, 0.2) is 0 Å². The van der Waals surface area contributed by atoms with Crippen LogP contribution in [-0.4, -0.2) is 27.8 Å². The van der Waals surface area contributed by atoms with E-state index in [1.54, 1.807) is 54.6 Å². The number of benzene rings is 1. The van der Waals surface area contributed by atoms with Gasteiger partial charge < -0.3 is 5.11 Å². The molecule has 3 rings (SSSR count). The lowest BCUT2D eigenvalue weighted by molar-refractivity contribution is -0.129. The topological polar surface area (TPSA) is 58.0 Å². The molecule has 2 heterocycles. The van der Waals surface area contributed by atoms with Gasteiger partial charge in [0.2, 0.25) is 0 Å². The van der Waals surface area contributed by atoms with Crippen molar-refractivity contribution in [1.29, 1.82) is 0 Å². The third-order valence-electron chi connectivity index (χ3n) is 4.26. The highest BCUT2D eigenvalue weighted by atomic mass is 19.4. The molecule has 0 saturated carbocycles. The van der Waals surface area contributed by atoms with Crippen molar-refractivity contribution in [2.24, 2.45) is 0 Å². The Balaban J connectivity index is 2.16. The van der Waals surface area contributed by atoms with Crippen LogP contribution >= 0.6 is 0 Å². The van der Waals surface area contributed by atoms with E-state index in [1.807, 2.05) is 0 Å². The molecule has 1 atom stereocenters. The predicted octanol–water partition coefficient (Wildman–Crippen LogP) is 3.61. The van der Waals surface area contributed by atoms with Gasteiger partial charge >= 0.3 is 6.18 Å². The maximum atomic E-state index is 13.0. The summed E-state index contributed by atoms with van der Waals surface area (Å²) in [5, 5.41) is 14.2. The minimum atomic E-state index is -4.43. The predicted molar refractivity (Wildman–Crippen MR) is 94.7 cm³/mol. The second kappa shape index (κ2) is 7.85. The molecule has 7 heteroatoms. The average Bonchev–Trinajstić information content (AvgIpc) is 2.69. The number of halogens is 3. The van der Waals surface area contributed by atoms with Crippen molar-refractivity contribution in [2.45, 2.75) is 17.8 Å². The molecule has 0 aliphatic heterocycles. The molecule has 3 aromatic rings. The van der Waals surface area contributed by atoms with Crippen molar-refractivity contribution in [2.75, 3.05) is 6.54 Å². The second-order valence-electron chi connectivity index (χ2n) is 6.09. The first-order valence-electron chi connectivity index (χ1n) is 8.30. The van der Waals surface area contributed by atoms with Gasteiger partial charge in [-0.1, -0.05) is 42.5 Å². The van der Waals surface area contributed by atoms with E-state index in [0.29, 0.717) is 16.7 Å². The summed E-state index contributed by atoms with van der Waals surface area (Å²) in [7, 11) is 0. The molecule has 0 spiro atoms. The maximum Gasteiger partial charge on any atom is 0.401 e. The molecule has 0 amide bonds. The van der Waals surface area contributed by atoms with Crippen molar-refractivity contribution in [1.82, 2.24) is 15.3 Å². The first-order chi connectivity index (χ1) is 12.9. The highest BCUT2D eigenvalue weighted by Crippen LogP contribution is 2.40. The molecule has 2 aromatic heterocycles. The quantitative estimate of drug-likeness (QED) is 0.693. The Morgan fingerprint density at radius 1 is 0.852 bits per heavy atom. The van der Waals surface area contributed by atoms with Gasteiger partial charge in [-0.15, -0.1) is 0 Å². The number of aromatic nitrogens is 2. The lowest BCUT2D eigenvalue weighted by Crippen LogP contribution is -2.45. The van der Waals surface area contributed by atoms with E-state index >= 15 is 0 Å². The first kappa shape index (κ1) is 19.0. The van der Waals surface area contributed by atoms with Crippen LogP contribution < -0.4 is 5.32 Å². The molecule has 27 heavy (non-hydrogen) atoms. The van der Waals surface area contributed by atoms with Gasteiger partial charge in [-0.2, -0.15) is 13.2 Å². The van der Waals surface area contributed by atoms with Crippen LogP contribution in [0.15, 0.2) is 79.4 Å². The third-order valence-corrected chi connectivity index (χ3v) is 4.26. The monoisotopic (exact) mass is 373 g/mol. The smallest absolute Gasteiger partial charge is 0.378 e. The molecule has 0 saturated heterocycles. The lowest BCUT2D eigenvalue weighted by Gasteiger charge is -2.38. The Morgan fingerprint density at radius 2 is 1.41 bits per heavy atom. The van der Waals surface area contributed by atoms with Gasteiger partial charge in [-0.05, 0) is 17.7 Å². The molecule has 0 aliphatic carbocycles. The average molecular weight is 373 g/mol. The maximum absolute atomic E-state index is 13.0. The minimum absolute atomic E-state index is 0.363. The molecule has 1 unspecified atom stereocenters. The van der Waals surface area contributed by atoms with Crippen molar-refractivity contribution >= 4 is 0 Å². The normalized spacial score (nSPS) is 13.3. The number of nitrogens with one attached hydrogen (secondary N) is 1. The summed E-state index contributed by atoms with van der Waals surface area (Å²) in [6.45, 7) is -1.25. The number of hydrogen-bond acceptors (Lipinski definition) is 4. The zero-order valence-corrected chi connectivity index (χ0v) is 14.3. The Morgan fingerprint density at radius 3 is 1.85 bits per heavy atom. The molecule has 140 valence electrons. The van der Waals surface area contributed by atoms with Crippen LogP contribution in [0.2, 0.25) is 0 Å².